The Bertz CT molecular complexity index is 832. The van der Waals surface area contributed by atoms with Gasteiger partial charge in [0, 0.05) is 6.04 Å². The number of amides is 4. The molecule has 1 aliphatic heterocycles. The average molecular weight is 349 g/mol. The van der Waals surface area contributed by atoms with Crippen LogP contribution in [0.1, 0.15) is 19.7 Å². The van der Waals surface area contributed by atoms with Crippen LogP contribution in [0.3, 0.4) is 0 Å². The van der Waals surface area contributed by atoms with Gasteiger partial charge in [-0.3, -0.25) is 14.5 Å². The van der Waals surface area contributed by atoms with E-state index in [-0.39, 0.29) is 18.3 Å². The number of carbonyl (C=O) groups is 3. The largest absolute Gasteiger partial charge is 0.419 e. The number of aromatic nitrogens is 2. The number of urea groups is 1. The van der Waals surface area contributed by atoms with E-state index in [9.17, 15) is 14.4 Å². The Labute approximate surface area is 142 Å². The van der Waals surface area contributed by atoms with Crippen molar-refractivity contribution >= 4 is 29.4 Å². The maximum Gasteiger partial charge on any atom is 0.334 e. The molecule has 1 aromatic carbocycles. The minimum absolute atomic E-state index is 0.0324. The van der Waals surface area contributed by atoms with E-state index in [0.29, 0.717) is 10.6 Å². The van der Waals surface area contributed by atoms with E-state index in [4.69, 9.17) is 16.0 Å². The number of imide groups is 2. The van der Waals surface area contributed by atoms with Crippen molar-refractivity contribution in [2.75, 3.05) is 0 Å². The van der Waals surface area contributed by atoms with Crippen LogP contribution < -0.4 is 0 Å². The quantitative estimate of drug-likeness (QED) is 0.620. The van der Waals surface area contributed by atoms with E-state index >= 15 is 0 Å². The third-order valence-corrected chi connectivity index (χ3v) is 3.79. The predicted molar refractivity (Wildman–Crippen MR) is 82.7 cm³/mol. The fraction of sp³-hybridized carbons (Fsp3) is 0.267. The van der Waals surface area contributed by atoms with Crippen LogP contribution in [0.2, 0.25) is 5.02 Å². The molecule has 4 amide bonds. The van der Waals surface area contributed by atoms with Crippen LogP contribution in [-0.2, 0) is 16.1 Å². The Morgan fingerprint density at radius 3 is 2.46 bits per heavy atom. The lowest BCUT2D eigenvalue weighted by atomic mass is 10.2. The maximum atomic E-state index is 12.2. The smallest absolute Gasteiger partial charge is 0.334 e. The van der Waals surface area contributed by atoms with Gasteiger partial charge in [-0.25, -0.2) is 9.69 Å². The second-order valence-electron chi connectivity index (χ2n) is 5.42. The molecule has 24 heavy (non-hydrogen) atoms. The molecule has 0 aliphatic carbocycles. The Kier molecular flexibility index (Phi) is 4.06. The lowest BCUT2D eigenvalue weighted by Crippen LogP contribution is -2.37. The van der Waals surface area contributed by atoms with Crippen molar-refractivity contribution in [3.63, 3.8) is 0 Å². The zero-order chi connectivity index (χ0) is 17.4. The van der Waals surface area contributed by atoms with Crippen LogP contribution in [0.4, 0.5) is 4.79 Å². The molecule has 0 spiro atoms. The lowest BCUT2D eigenvalue weighted by molar-refractivity contribution is -0.144. The van der Waals surface area contributed by atoms with E-state index < -0.39 is 23.9 Å². The number of halogens is 1. The molecule has 1 fully saturated rings. The average Bonchev–Trinajstić information content (AvgIpc) is 3.07. The van der Waals surface area contributed by atoms with Gasteiger partial charge in [0.2, 0.25) is 11.8 Å². The summed E-state index contributed by atoms with van der Waals surface area (Å²) in [5.41, 5.74) is 0.539. The van der Waals surface area contributed by atoms with Crippen LogP contribution in [-0.4, -0.2) is 43.9 Å². The van der Waals surface area contributed by atoms with Crippen LogP contribution in [0.25, 0.3) is 11.5 Å². The van der Waals surface area contributed by atoms with Gasteiger partial charge in [0.15, 0.2) is 0 Å². The van der Waals surface area contributed by atoms with Crippen LogP contribution in [0.15, 0.2) is 28.7 Å². The number of hydrogen-bond donors (Lipinski definition) is 0. The van der Waals surface area contributed by atoms with Gasteiger partial charge in [-0.2, -0.15) is 0 Å². The van der Waals surface area contributed by atoms with Crippen LogP contribution >= 0.6 is 11.6 Å². The van der Waals surface area contributed by atoms with Crippen LogP contribution in [0, 0.1) is 0 Å². The molecule has 9 heteroatoms. The highest BCUT2D eigenvalue weighted by Gasteiger charge is 2.46. The third-order valence-electron chi connectivity index (χ3n) is 3.46. The lowest BCUT2D eigenvalue weighted by Gasteiger charge is -2.17. The van der Waals surface area contributed by atoms with E-state index in [0.717, 1.165) is 9.80 Å². The van der Waals surface area contributed by atoms with Crippen molar-refractivity contribution in [2.45, 2.75) is 26.4 Å². The van der Waals surface area contributed by atoms with E-state index in [1.807, 2.05) is 0 Å². The SMILES string of the molecule is CC(C)N1C(=O)C(=O)N(Cc2nnc(-c3ccccc3Cl)o2)C1=O. The second-order valence-corrected chi connectivity index (χ2v) is 5.83. The van der Waals surface area contributed by atoms with E-state index in [1.165, 1.54) is 0 Å². The summed E-state index contributed by atoms with van der Waals surface area (Å²) in [4.78, 5) is 37.7. The van der Waals surface area contributed by atoms with Crippen molar-refractivity contribution < 1.29 is 18.8 Å². The number of carbonyl (C=O) groups excluding carboxylic acids is 3. The Morgan fingerprint density at radius 2 is 1.83 bits per heavy atom. The Balaban J connectivity index is 1.83. The number of benzene rings is 1. The molecule has 1 saturated heterocycles. The molecule has 0 saturated carbocycles. The number of nitrogens with zero attached hydrogens (tertiary/aromatic N) is 4. The normalized spacial score (nSPS) is 15.1. The first-order valence-corrected chi connectivity index (χ1v) is 7.54. The minimum Gasteiger partial charge on any atom is -0.419 e. The maximum absolute atomic E-state index is 12.2. The fourth-order valence-electron chi connectivity index (χ4n) is 2.31. The van der Waals surface area contributed by atoms with Gasteiger partial charge < -0.3 is 4.42 Å². The molecule has 0 bridgehead atoms. The molecule has 1 aromatic heterocycles. The standard InChI is InChI=1S/C15H13ClN4O4/c1-8(2)20-14(22)13(21)19(15(20)23)7-11-17-18-12(24-11)9-5-3-4-6-10(9)16/h3-6,8H,7H2,1-2H3. The molecule has 2 heterocycles. The number of hydrogen-bond acceptors (Lipinski definition) is 6. The zero-order valence-corrected chi connectivity index (χ0v) is 13.6. The predicted octanol–water partition coefficient (Wildman–Crippen LogP) is 2.09. The number of rotatable bonds is 4. The highest BCUT2D eigenvalue weighted by molar-refractivity contribution is 6.44. The first-order chi connectivity index (χ1) is 11.4. The van der Waals surface area contributed by atoms with Gasteiger partial charge >= 0.3 is 17.8 Å². The second kappa shape index (κ2) is 6.04. The first-order valence-electron chi connectivity index (χ1n) is 7.16. The summed E-state index contributed by atoms with van der Waals surface area (Å²) in [6.45, 7) is 3.02. The third kappa shape index (κ3) is 2.65. The summed E-state index contributed by atoms with van der Waals surface area (Å²) in [6.07, 6.45) is 0. The van der Waals surface area contributed by atoms with E-state index in [1.54, 1.807) is 38.1 Å². The Hall–Kier alpha value is -2.74. The Morgan fingerprint density at radius 1 is 1.12 bits per heavy atom. The molecular formula is C15H13ClN4O4. The summed E-state index contributed by atoms with van der Waals surface area (Å²) in [5, 5.41) is 8.11. The zero-order valence-electron chi connectivity index (χ0n) is 12.9. The van der Waals surface area contributed by atoms with Gasteiger partial charge in [-0.15, -0.1) is 10.2 Å². The van der Waals surface area contributed by atoms with Crippen LogP contribution in [0.5, 0.6) is 0 Å². The summed E-state index contributed by atoms with van der Waals surface area (Å²) in [7, 11) is 0. The molecule has 2 aromatic rings. The minimum atomic E-state index is -0.911. The van der Waals surface area contributed by atoms with Gasteiger partial charge in [0.25, 0.3) is 0 Å². The van der Waals surface area contributed by atoms with Gasteiger partial charge in [-0.05, 0) is 26.0 Å². The van der Waals surface area contributed by atoms with Crippen molar-refractivity contribution in [1.29, 1.82) is 0 Å². The van der Waals surface area contributed by atoms with Crippen molar-refractivity contribution in [3.8, 4) is 11.5 Å². The molecule has 8 nitrogen and oxygen atoms in total. The fourth-order valence-corrected chi connectivity index (χ4v) is 2.53. The summed E-state index contributed by atoms with van der Waals surface area (Å²) >= 11 is 6.06. The monoisotopic (exact) mass is 348 g/mol. The molecule has 1 aliphatic rings. The summed E-state index contributed by atoms with van der Waals surface area (Å²) in [6, 6.07) is 5.79. The highest BCUT2D eigenvalue weighted by atomic mass is 35.5. The first kappa shape index (κ1) is 16.1. The molecule has 0 atom stereocenters. The molecule has 0 radical (unpaired) electrons. The van der Waals surface area contributed by atoms with Gasteiger partial charge in [-0.1, -0.05) is 23.7 Å². The summed E-state index contributed by atoms with van der Waals surface area (Å²) in [5.74, 6) is -1.57. The molecular weight excluding hydrogens is 336 g/mol. The van der Waals surface area contributed by atoms with Crippen molar-refractivity contribution in [1.82, 2.24) is 20.0 Å². The van der Waals surface area contributed by atoms with Crippen molar-refractivity contribution in [2.24, 2.45) is 0 Å². The molecule has 124 valence electrons. The molecule has 0 unspecified atom stereocenters. The van der Waals surface area contributed by atoms with E-state index in [2.05, 4.69) is 10.2 Å². The molecule has 3 rings (SSSR count). The summed E-state index contributed by atoms with van der Waals surface area (Å²) < 4.78 is 5.46. The van der Waals surface area contributed by atoms with Gasteiger partial charge in [0.05, 0.1) is 10.6 Å². The topological polar surface area (TPSA) is 96.6 Å². The highest BCUT2D eigenvalue weighted by Crippen LogP contribution is 2.27. The molecule has 0 N–H and O–H groups in total. The van der Waals surface area contributed by atoms with Crippen molar-refractivity contribution in [3.05, 3.63) is 35.2 Å². The van der Waals surface area contributed by atoms with Gasteiger partial charge in [0.1, 0.15) is 6.54 Å².